The maximum Gasteiger partial charge on any atom is 0.233 e. The van der Waals surface area contributed by atoms with Crippen LogP contribution in [-0.2, 0) is 6.54 Å². The summed E-state index contributed by atoms with van der Waals surface area (Å²) in [6, 6.07) is 15.4. The highest BCUT2D eigenvalue weighted by Crippen LogP contribution is 2.30. The van der Waals surface area contributed by atoms with Gasteiger partial charge in [-0.05, 0) is 23.3 Å². The average Bonchev–Trinajstić information content (AvgIpc) is 2.92. The zero-order valence-corrected chi connectivity index (χ0v) is 12.1. The van der Waals surface area contributed by atoms with Crippen LogP contribution in [0.1, 0.15) is 17.0 Å². The molecule has 5 heteroatoms. The van der Waals surface area contributed by atoms with Gasteiger partial charge in [-0.1, -0.05) is 42.5 Å². The highest BCUT2D eigenvalue weighted by atomic mass is 19.1. The van der Waals surface area contributed by atoms with Crippen LogP contribution < -0.4 is 0 Å². The first-order valence-corrected chi connectivity index (χ1v) is 7.29. The van der Waals surface area contributed by atoms with Crippen molar-refractivity contribution in [2.75, 3.05) is 13.1 Å². The Balaban J connectivity index is 1.79. The SMILES string of the molecule is O=[N+]([O-])[C@@H]1CN(Cc2ccccc2)C[C@H]1c1cccc(F)c1. The third kappa shape index (κ3) is 3.14. The lowest BCUT2D eigenvalue weighted by Gasteiger charge is -2.15. The first-order chi connectivity index (χ1) is 10.6. The number of nitro groups is 1. The van der Waals surface area contributed by atoms with Crippen LogP contribution in [0.15, 0.2) is 54.6 Å². The molecule has 0 aliphatic carbocycles. The van der Waals surface area contributed by atoms with Crippen LogP contribution in [0.25, 0.3) is 0 Å². The van der Waals surface area contributed by atoms with Crippen LogP contribution >= 0.6 is 0 Å². The van der Waals surface area contributed by atoms with E-state index in [0.29, 0.717) is 25.2 Å². The maximum absolute atomic E-state index is 13.4. The van der Waals surface area contributed by atoms with Gasteiger partial charge in [0.1, 0.15) is 5.82 Å². The highest BCUT2D eigenvalue weighted by molar-refractivity contribution is 5.24. The molecule has 0 aromatic heterocycles. The van der Waals surface area contributed by atoms with Crippen LogP contribution in [-0.4, -0.2) is 29.0 Å². The number of hydrogen-bond donors (Lipinski definition) is 0. The van der Waals surface area contributed by atoms with Crippen LogP contribution in [0.2, 0.25) is 0 Å². The van der Waals surface area contributed by atoms with Gasteiger partial charge in [0, 0.05) is 18.0 Å². The molecule has 3 rings (SSSR count). The van der Waals surface area contributed by atoms with Gasteiger partial charge in [0.2, 0.25) is 6.04 Å². The monoisotopic (exact) mass is 300 g/mol. The van der Waals surface area contributed by atoms with Crippen molar-refractivity contribution in [3.05, 3.63) is 81.7 Å². The van der Waals surface area contributed by atoms with Gasteiger partial charge in [0.05, 0.1) is 12.5 Å². The molecule has 1 fully saturated rings. The van der Waals surface area contributed by atoms with Gasteiger partial charge in [-0.2, -0.15) is 0 Å². The molecule has 4 nitrogen and oxygen atoms in total. The molecule has 0 spiro atoms. The fourth-order valence-electron chi connectivity index (χ4n) is 3.12. The van der Waals surface area contributed by atoms with E-state index in [2.05, 4.69) is 4.90 Å². The molecule has 0 amide bonds. The van der Waals surface area contributed by atoms with E-state index in [4.69, 9.17) is 0 Å². The molecule has 0 radical (unpaired) electrons. The highest BCUT2D eigenvalue weighted by Gasteiger charge is 2.41. The van der Waals surface area contributed by atoms with E-state index in [1.165, 1.54) is 12.1 Å². The molecule has 1 aliphatic rings. The summed E-state index contributed by atoms with van der Waals surface area (Å²) in [5, 5.41) is 11.4. The summed E-state index contributed by atoms with van der Waals surface area (Å²) >= 11 is 0. The second kappa shape index (κ2) is 6.23. The predicted octanol–water partition coefficient (Wildman–Crippen LogP) is 3.07. The lowest BCUT2D eigenvalue weighted by molar-refractivity contribution is -0.521. The van der Waals surface area contributed by atoms with Gasteiger partial charge >= 0.3 is 0 Å². The molecule has 2 aromatic rings. The Hall–Kier alpha value is -2.27. The lowest BCUT2D eigenvalue weighted by atomic mass is 9.95. The normalized spacial score (nSPS) is 21.9. The molecule has 2 atom stereocenters. The van der Waals surface area contributed by atoms with Gasteiger partial charge in [0.15, 0.2) is 0 Å². The fourth-order valence-corrected chi connectivity index (χ4v) is 3.12. The smallest absolute Gasteiger partial charge is 0.233 e. The minimum absolute atomic E-state index is 0.236. The minimum Gasteiger partial charge on any atom is -0.292 e. The molecule has 0 bridgehead atoms. The van der Waals surface area contributed by atoms with Gasteiger partial charge in [-0.3, -0.25) is 15.0 Å². The van der Waals surface area contributed by atoms with Crippen molar-refractivity contribution in [1.29, 1.82) is 0 Å². The summed E-state index contributed by atoms with van der Waals surface area (Å²) in [5.74, 6) is -0.615. The van der Waals surface area contributed by atoms with Gasteiger partial charge < -0.3 is 0 Å². The quantitative estimate of drug-likeness (QED) is 0.644. The first-order valence-electron chi connectivity index (χ1n) is 7.29. The van der Waals surface area contributed by atoms with Crippen molar-refractivity contribution in [1.82, 2.24) is 4.90 Å². The summed E-state index contributed by atoms with van der Waals surface area (Å²) in [5.41, 5.74) is 1.83. The number of nitrogens with zero attached hydrogens (tertiary/aromatic N) is 2. The van der Waals surface area contributed by atoms with Crippen LogP contribution in [0.3, 0.4) is 0 Å². The first kappa shape index (κ1) is 14.7. The molecular formula is C17H17FN2O2. The van der Waals surface area contributed by atoms with E-state index in [1.54, 1.807) is 12.1 Å². The molecule has 0 unspecified atom stereocenters. The summed E-state index contributed by atoms with van der Waals surface area (Å²) in [7, 11) is 0. The second-order valence-electron chi connectivity index (χ2n) is 5.69. The Morgan fingerprint density at radius 2 is 1.91 bits per heavy atom. The van der Waals surface area contributed by atoms with Crippen molar-refractivity contribution in [3.8, 4) is 0 Å². The molecular weight excluding hydrogens is 283 g/mol. The number of hydrogen-bond acceptors (Lipinski definition) is 3. The number of likely N-dealkylation sites (tertiary alicyclic amines) is 1. The fraction of sp³-hybridized carbons (Fsp3) is 0.294. The molecule has 0 N–H and O–H groups in total. The van der Waals surface area contributed by atoms with Crippen LogP contribution in [0.4, 0.5) is 4.39 Å². The summed E-state index contributed by atoms with van der Waals surface area (Å²) in [6.45, 7) is 1.64. The largest absolute Gasteiger partial charge is 0.292 e. The van der Waals surface area contributed by atoms with Gasteiger partial charge in [-0.25, -0.2) is 4.39 Å². The van der Waals surface area contributed by atoms with E-state index in [0.717, 1.165) is 5.56 Å². The van der Waals surface area contributed by atoms with Gasteiger partial charge in [0.25, 0.3) is 0 Å². The Labute approximate surface area is 128 Å². The van der Waals surface area contributed by atoms with Crippen LogP contribution in [0, 0.1) is 15.9 Å². The Morgan fingerprint density at radius 1 is 1.14 bits per heavy atom. The Bertz CT molecular complexity index is 663. The standard InChI is InChI=1S/C17H17FN2O2/c18-15-8-4-7-14(9-15)16-11-19(12-17(16)20(21)22)10-13-5-2-1-3-6-13/h1-9,16-17H,10-12H2/t16-,17+/m0/s1. The molecule has 1 saturated heterocycles. The van der Waals surface area contributed by atoms with Crippen molar-refractivity contribution >= 4 is 0 Å². The van der Waals surface area contributed by atoms with E-state index < -0.39 is 6.04 Å². The zero-order valence-electron chi connectivity index (χ0n) is 12.1. The van der Waals surface area contributed by atoms with Crippen LogP contribution in [0.5, 0.6) is 0 Å². The molecule has 114 valence electrons. The molecule has 22 heavy (non-hydrogen) atoms. The van der Waals surface area contributed by atoms with Crippen molar-refractivity contribution in [2.45, 2.75) is 18.5 Å². The summed E-state index contributed by atoms with van der Waals surface area (Å²) in [6.07, 6.45) is 0. The van der Waals surface area contributed by atoms with E-state index >= 15 is 0 Å². The van der Waals surface area contributed by atoms with Crippen molar-refractivity contribution < 1.29 is 9.31 Å². The third-order valence-electron chi connectivity index (χ3n) is 4.16. The van der Waals surface area contributed by atoms with Crippen molar-refractivity contribution in [2.24, 2.45) is 0 Å². The van der Waals surface area contributed by atoms with E-state index in [9.17, 15) is 14.5 Å². The van der Waals surface area contributed by atoms with Crippen molar-refractivity contribution in [3.63, 3.8) is 0 Å². The zero-order chi connectivity index (χ0) is 15.5. The van der Waals surface area contributed by atoms with E-state index in [-0.39, 0.29) is 16.7 Å². The summed E-state index contributed by atoms with van der Waals surface area (Å²) in [4.78, 5) is 13.2. The van der Waals surface area contributed by atoms with Gasteiger partial charge in [-0.15, -0.1) is 0 Å². The molecule has 0 saturated carbocycles. The molecule has 1 aliphatic heterocycles. The maximum atomic E-state index is 13.4. The second-order valence-corrected chi connectivity index (χ2v) is 5.69. The van der Waals surface area contributed by atoms with E-state index in [1.807, 2.05) is 30.3 Å². The number of benzene rings is 2. The molecule has 1 heterocycles. The lowest BCUT2D eigenvalue weighted by Crippen LogP contribution is -2.28. The third-order valence-corrected chi connectivity index (χ3v) is 4.16. The topological polar surface area (TPSA) is 46.4 Å². The minimum atomic E-state index is -0.689. The summed E-state index contributed by atoms with van der Waals surface area (Å²) < 4.78 is 13.4. The predicted molar refractivity (Wildman–Crippen MR) is 81.6 cm³/mol. The Morgan fingerprint density at radius 3 is 2.59 bits per heavy atom. The average molecular weight is 300 g/mol. The number of rotatable bonds is 4. The Kier molecular flexibility index (Phi) is 4.15. The number of halogens is 1. The molecule has 2 aromatic carbocycles.